The first-order valence-electron chi connectivity index (χ1n) is 10.9. The summed E-state index contributed by atoms with van der Waals surface area (Å²) in [5, 5.41) is 3.15. The molecule has 6 rings (SSSR count). The molecule has 168 valence electrons. The molecule has 0 spiro atoms. The molecule has 1 aromatic carbocycles. The summed E-state index contributed by atoms with van der Waals surface area (Å²) in [7, 11) is 3.49. The van der Waals surface area contributed by atoms with E-state index in [0.29, 0.717) is 28.4 Å². The van der Waals surface area contributed by atoms with Crippen LogP contribution in [0, 0.1) is 12.7 Å². The Labute approximate surface area is 185 Å². The zero-order valence-electron chi connectivity index (χ0n) is 19.1. The van der Waals surface area contributed by atoms with Gasteiger partial charge in [0.15, 0.2) is 5.65 Å². The van der Waals surface area contributed by atoms with E-state index in [1.54, 1.807) is 24.9 Å². The Hall–Kier alpha value is -3.00. The number of nitrogens with zero attached hydrogens (tertiary/aromatic N) is 4. The van der Waals surface area contributed by atoms with E-state index in [0.717, 1.165) is 36.8 Å². The molecule has 2 bridgehead atoms. The van der Waals surface area contributed by atoms with Crippen LogP contribution in [-0.4, -0.2) is 31.8 Å². The molecule has 8 heteroatoms. The van der Waals surface area contributed by atoms with Gasteiger partial charge in [-0.3, -0.25) is 9.13 Å². The Kier molecular flexibility index (Phi) is 4.57. The molecule has 1 N–H and O–H groups in total. The second-order valence-corrected chi connectivity index (χ2v) is 9.29. The fourth-order valence-corrected chi connectivity index (χ4v) is 5.47. The van der Waals surface area contributed by atoms with Gasteiger partial charge in [-0.15, -0.1) is 0 Å². The minimum absolute atomic E-state index is 0.0912. The van der Waals surface area contributed by atoms with E-state index in [2.05, 4.69) is 10.3 Å². The minimum Gasteiger partial charge on any atom is -0.378 e. The fraction of sp³-hybridized carbons (Fsp3) is 0.458. The number of imidazole rings is 1. The number of aromatic nitrogens is 4. The number of anilines is 2. The van der Waals surface area contributed by atoms with Gasteiger partial charge in [-0.05, 0) is 56.9 Å². The molecule has 0 unspecified atom stereocenters. The first kappa shape index (κ1) is 20.9. The topological polar surface area (TPSA) is 74.0 Å². The molecule has 0 aliphatic heterocycles. The fourth-order valence-electron chi connectivity index (χ4n) is 5.47. The van der Waals surface area contributed by atoms with Gasteiger partial charge in [-0.25, -0.2) is 14.2 Å². The van der Waals surface area contributed by atoms with Gasteiger partial charge in [-0.1, -0.05) is 6.08 Å². The lowest BCUT2D eigenvalue weighted by Gasteiger charge is -2.46. The number of allylic oxidation sites excluding steroid dienone is 2. The monoisotopic (exact) mass is 437 g/mol. The van der Waals surface area contributed by atoms with Crippen molar-refractivity contribution in [2.75, 3.05) is 12.4 Å². The maximum absolute atomic E-state index is 14.7. The van der Waals surface area contributed by atoms with Crippen molar-refractivity contribution in [1.29, 1.82) is 0 Å². The van der Waals surface area contributed by atoms with Crippen LogP contribution in [0.3, 0.4) is 0 Å². The van der Waals surface area contributed by atoms with E-state index in [4.69, 9.17) is 9.72 Å². The SMILES string of the molecule is C/C=C(\C)c1cc(C)c(Nc2ncc3c(n2)n(C24CCC(OC)(C2)C4)c(=O)n3C)cc1F. The molecule has 7 nitrogen and oxygen atoms in total. The molecule has 2 aromatic heterocycles. The molecule has 0 radical (unpaired) electrons. The van der Waals surface area contributed by atoms with Gasteiger partial charge < -0.3 is 10.1 Å². The Bertz CT molecular complexity index is 1330. The maximum atomic E-state index is 14.7. The lowest BCUT2D eigenvalue weighted by molar-refractivity contribution is -0.0906. The van der Waals surface area contributed by atoms with Crippen LogP contribution >= 0.6 is 0 Å². The van der Waals surface area contributed by atoms with Crippen LogP contribution in [0.25, 0.3) is 16.7 Å². The second kappa shape index (κ2) is 7.00. The molecule has 3 aliphatic carbocycles. The van der Waals surface area contributed by atoms with Crippen molar-refractivity contribution in [2.24, 2.45) is 7.05 Å². The van der Waals surface area contributed by atoms with Gasteiger partial charge in [0.1, 0.15) is 11.3 Å². The number of rotatable bonds is 5. The summed E-state index contributed by atoms with van der Waals surface area (Å²) >= 11 is 0. The van der Waals surface area contributed by atoms with Crippen LogP contribution in [0.15, 0.2) is 29.2 Å². The Morgan fingerprint density at radius 1 is 1.31 bits per heavy atom. The number of halogens is 1. The summed E-state index contributed by atoms with van der Waals surface area (Å²) in [6.07, 6.45) is 7.01. The summed E-state index contributed by atoms with van der Waals surface area (Å²) in [6, 6.07) is 3.29. The molecule has 0 atom stereocenters. The number of hydrogen-bond donors (Lipinski definition) is 1. The summed E-state index contributed by atoms with van der Waals surface area (Å²) < 4.78 is 23.8. The van der Waals surface area contributed by atoms with E-state index in [-0.39, 0.29) is 22.6 Å². The van der Waals surface area contributed by atoms with Crippen molar-refractivity contribution in [1.82, 2.24) is 19.1 Å². The second-order valence-electron chi connectivity index (χ2n) is 9.29. The third kappa shape index (κ3) is 2.85. The van der Waals surface area contributed by atoms with Gasteiger partial charge in [-0.2, -0.15) is 4.98 Å². The Balaban J connectivity index is 1.55. The number of fused-ring (bicyclic) bond motifs is 2. The van der Waals surface area contributed by atoms with E-state index in [1.165, 1.54) is 6.07 Å². The molecular weight excluding hydrogens is 409 g/mol. The van der Waals surface area contributed by atoms with E-state index in [9.17, 15) is 9.18 Å². The highest BCUT2D eigenvalue weighted by Gasteiger charge is 2.63. The molecule has 3 aliphatic rings. The van der Waals surface area contributed by atoms with Crippen LogP contribution in [0.1, 0.15) is 50.7 Å². The minimum atomic E-state index is -0.304. The van der Waals surface area contributed by atoms with Crippen molar-refractivity contribution < 1.29 is 9.13 Å². The summed E-state index contributed by atoms with van der Waals surface area (Å²) in [4.78, 5) is 22.2. The molecule has 2 heterocycles. The standard InChI is InChI=1S/C24H28FN5O2/c1-6-14(2)16-9-15(3)18(10-17(16)25)27-21-26-11-19-20(28-21)30(22(31)29(19)4)23-7-8-24(12-23,13-23)32-5/h6,9-11H,7-8,12-13H2,1-5H3,(H,26,27,28)/b14-6+. The normalized spacial score (nSPS) is 24.8. The van der Waals surface area contributed by atoms with Crippen LogP contribution in [0.2, 0.25) is 0 Å². The maximum Gasteiger partial charge on any atom is 0.330 e. The van der Waals surface area contributed by atoms with Crippen molar-refractivity contribution in [3.63, 3.8) is 0 Å². The lowest BCUT2D eigenvalue weighted by atomic mass is 9.73. The first-order chi connectivity index (χ1) is 15.2. The summed E-state index contributed by atoms with van der Waals surface area (Å²) in [5.41, 5.74) is 3.76. The third-order valence-electron chi connectivity index (χ3n) is 7.48. The van der Waals surface area contributed by atoms with Crippen LogP contribution < -0.4 is 11.0 Å². The molecule has 3 aromatic rings. The highest BCUT2D eigenvalue weighted by Crippen LogP contribution is 2.61. The van der Waals surface area contributed by atoms with E-state index in [1.807, 2.05) is 37.5 Å². The van der Waals surface area contributed by atoms with Gasteiger partial charge in [0.05, 0.1) is 17.3 Å². The molecule has 32 heavy (non-hydrogen) atoms. The number of ether oxygens (including phenoxy) is 1. The lowest BCUT2D eigenvalue weighted by Crippen LogP contribution is -2.53. The largest absolute Gasteiger partial charge is 0.378 e. The van der Waals surface area contributed by atoms with Crippen LogP contribution in [0.4, 0.5) is 16.0 Å². The molecule has 0 amide bonds. The Morgan fingerprint density at radius 3 is 2.72 bits per heavy atom. The average Bonchev–Trinajstić information content (AvgIpc) is 3.39. The first-order valence-corrected chi connectivity index (χ1v) is 10.9. The number of benzene rings is 1. The highest BCUT2D eigenvalue weighted by molar-refractivity contribution is 5.74. The zero-order valence-corrected chi connectivity index (χ0v) is 19.1. The molecule has 3 fully saturated rings. The van der Waals surface area contributed by atoms with E-state index >= 15 is 0 Å². The molecule has 3 saturated carbocycles. The predicted octanol–water partition coefficient (Wildman–Crippen LogP) is 4.41. The summed E-state index contributed by atoms with van der Waals surface area (Å²) in [5.74, 6) is 0.0307. The highest BCUT2D eigenvalue weighted by atomic mass is 19.1. The average molecular weight is 438 g/mol. The van der Waals surface area contributed by atoms with Gasteiger partial charge in [0.25, 0.3) is 0 Å². The van der Waals surface area contributed by atoms with Gasteiger partial charge in [0, 0.05) is 38.2 Å². The molecule has 0 saturated heterocycles. The third-order valence-corrected chi connectivity index (χ3v) is 7.48. The number of methoxy groups -OCH3 is 1. The predicted molar refractivity (Wildman–Crippen MR) is 123 cm³/mol. The van der Waals surface area contributed by atoms with Crippen molar-refractivity contribution in [3.8, 4) is 0 Å². The van der Waals surface area contributed by atoms with Crippen molar-refractivity contribution in [3.05, 3.63) is 51.8 Å². The van der Waals surface area contributed by atoms with Crippen LogP contribution in [0.5, 0.6) is 0 Å². The number of hydrogen-bond acceptors (Lipinski definition) is 5. The quantitative estimate of drug-likeness (QED) is 0.640. The van der Waals surface area contributed by atoms with E-state index < -0.39 is 0 Å². The number of nitrogens with one attached hydrogen (secondary N) is 1. The Morgan fingerprint density at radius 2 is 2.06 bits per heavy atom. The molecular formula is C24H28FN5O2. The van der Waals surface area contributed by atoms with Crippen molar-refractivity contribution >= 4 is 28.4 Å². The van der Waals surface area contributed by atoms with Crippen molar-refractivity contribution in [2.45, 2.75) is 57.6 Å². The van der Waals surface area contributed by atoms with Gasteiger partial charge >= 0.3 is 5.69 Å². The van der Waals surface area contributed by atoms with Crippen LogP contribution in [-0.2, 0) is 17.3 Å². The zero-order chi connectivity index (χ0) is 22.8. The number of aryl methyl sites for hydroxylation is 2. The summed E-state index contributed by atoms with van der Waals surface area (Å²) in [6.45, 7) is 5.69. The van der Waals surface area contributed by atoms with Gasteiger partial charge in [0.2, 0.25) is 5.95 Å². The smallest absolute Gasteiger partial charge is 0.330 e.